The summed E-state index contributed by atoms with van der Waals surface area (Å²) in [7, 11) is -1.26. The number of rotatable bonds is 13. The molecule has 3 heteroatoms. The van der Waals surface area contributed by atoms with Crippen molar-refractivity contribution in [1.82, 2.24) is 9.88 Å². The number of hydrogen-bond donors (Lipinski definition) is 1. The molecule has 0 aromatic carbocycles. The highest BCUT2D eigenvalue weighted by atomic mass is 28.3. The molecule has 2 nitrogen and oxygen atoms in total. The summed E-state index contributed by atoms with van der Waals surface area (Å²) in [4.78, 5) is 6.83. The van der Waals surface area contributed by atoms with Crippen molar-refractivity contribution in [2.45, 2.75) is 97.8 Å². The van der Waals surface area contributed by atoms with Crippen molar-refractivity contribution >= 4 is 8.24 Å². The second-order valence-electron chi connectivity index (χ2n) is 7.33. The van der Waals surface area contributed by atoms with E-state index in [1.807, 2.05) is 0 Å². The molecule has 0 unspecified atom stereocenters. The van der Waals surface area contributed by atoms with E-state index in [0.29, 0.717) is 0 Å². The van der Waals surface area contributed by atoms with Gasteiger partial charge in [0.05, 0.1) is 0 Å². The van der Waals surface area contributed by atoms with Gasteiger partial charge in [0.2, 0.25) is 0 Å². The average Bonchev–Trinajstić information content (AvgIpc) is 2.47. The summed E-state index contributed by atoms with van der Waals surface area (Å²) in [6.45, 7) is 20.3. The lowest BCUT2D eigenvalue weighted by molar-refractivity contribution is 0.208. The van der Waals surface area contributed by atoms with Gasteiger partial charge < -0.3 is 9.88 Å². The topological polar surface area (TPSA) is 15.3 Å². The maximum atomic E-state index is 4.14. The molecule has 0 aromatic rings. The molecule has 0 spiro atoms. The first-order chi connectivity index (χ1) is 9.88. The summed E-state index contributed by atoms with van der Waals surface area (Å²) < 4.78 is 0. The molecule has 0 aromatic heterocycles. The predicted octanol–water partition coefficient (Wildman–Crippen LogP) is 5.26. The van der Waals surface area contributed by atoms with E-state index in [2.05, 4.69) is 58.3 Å². The fraction of sp³-hybridized carbons (Fsp3) is 1.00. The van der Waals surface area contributed by atoms with Crippen LogP contribution in [0.4, 0.5) is 0 Å². The molecule has 1 N–H and O–H groups in total. The minimum absolute atomic E-state index is 0.246. The molecule has 0 atom stereocenters. The fourth-order valence-electron chi connectivity index (χ4n) is 3.36. The molecule has 0 aliphatic rings. The van der Waals surface area contributed by atoms with E-state index in [9.17, 15) is 0 Å². The lowest BCUT2D eigenvalue weighted by Gasteiger charge is -2.42. The number of nitrogens with zero attached hydrogens (tertiary/aromatic N) is 1. The van der Waals surface area contributed by atoms with Crippen molar-refractivity contribution in [3.63, 3.8) is 0 Å². The minimum Gasteiger partial charge on any atom is -0.331 e. The third kappa shape index (κ3) is 8.37. The molecule has 21 heavy (non-hydrogen) atoms. The first kappa shape index (κ1) is 21.1. The van der Waals surface area contributed by atoms with Gasteiger partial charge in [-0.05, 0) is 57.9 Å². The fourth-order valence-corrected chi connectivity index (χ4v) is 6.91. The van der Waals surface area contributed by atoms with Gasteiger partial charge >= 0.3 is 0 Å². The van der Waals surface area contributed by atoms with Crippen LogP contribution in [0, 0.1) is 0 Å². The Balaban J connectivity index is 4.68. The highest BCUT2D eigenvalue weighted by molar-refractivity contribution is 6.77. The molecule has 0 aliphatic carbocycles. The molecule has 128 valence electrons. The summed E-state index contributed by atoms with van der Waals surface area (Å²) in [5, 5.41) is 0. The molecule has 0 saturated heterocycles. The van der Waals surface area contributed by atoms with Gasteiger partial charge in [0, 0.05) is 12.1 Å². The summed E-state index contributed by atoms with van der Waals surface area (Å²) >= 11 is 0. The minimum atomic E-state index is -1.26. The predicted molar refractivity (Wildman–Crippen MR) is 101 cm³/mol. The van der Waals surface area contributed by atoms with Crippen molar-refractivity contribution in [2.75, 3.05) is 19.6 Å². The highest BCUT2D eigenvalue weighted by Crippen LogP contribution is 2.21. The van der Waals surface area contributed by atoms with Gasteiger partial charge in [-0.2, -0.15) is 0 Å². The Morgan fingerprint density at radius 1 is 0.810 bits per heavy atom. The van der Waals surface area contributed by atoms with Gasteiger partial charge in [0.25, 0.3) is 0 Å². The molecule has 0 saturated carbocycles. The molecule has 0 rings (SSSR count). The standard InChI is InChI=1S/C18H42N2Si/c1-8-13-15-20(16-14-9-2)17-18(6,7)19-21(10-3,11-4)12-5/h19H,8-17H2,1-7H3. The number of nitrogens with one attached hydrogen (secondary N) is 1. The Bertz CT molecular complexity index is 233. The van der Waals surface area contributed by atoms with E-state index < -0.39 is 8.24 Å². The van der Waals surface area contributed by atoms with Crippen LogP contribution in [-0.4, -0.2) is 38.3 Å². The second-order valence-corrected chi connectivity index (χ2v) is 12.3. The Kier molecular flexibility index (Phi) is 10.9. The maximum Gasteiger partial charge on any atom is 0.125 e. The van der Waals surface area contributed by atoms with E-state index in [4.69, 9.17) is 0 Å². The summed E-state index contributed by atoms with van der Waals surface area (Å²) in [5.41, 5.74) is 0.246. The largest absolute Gasteiger partial charge is 0.331 e. The summed E-state index contributed by atoms with van der Waals surface area (Å²) in [6.07, 6.45) is 5.26. The molecular formula is C18H42N2Si. The Hall–Kier alpha value is 0.137. The zero-order chi connectivity index (χ0) is 16.4. The molecule has 0 bridgehead atoms. The van der Waals surface area contributed by atoms with Gasteiger partial charge in [0.1, 0.15) is 8.24 Å². The van der Waals surface area contributed by atoms with Crippen molar-refractivity contribution < 1.29 is 0 Å². The third-order valence-corrected chi connectivity index (χ3v) is 10.2. The summed E-state index contributed by atoms with van der Waals surface area (Å²) in [5.74, 6) is 0. The average molecular weight is 315 g/mol. The molecular weight excluding hydrogens is 272 g/mol. The van der Waals surface area contributed by atoms with E-state index in [-0.39, 0.29) is 5.54 Å². The first-order valence-electron chi connectivity index (χ1n) is 9.40. The van der Waals surface area contributed by atoms with Crippen LogP contribution in [0.1, 0.15) is 74.1 Å². The number of hydrogen-bond acceptors (Lipinski definition) is 2. The van der Waals surface area contributed by atoms with Crippen molar-refractivity contribution in [2.24, 2.45) is 0 Å². The quantitative estimate of drug-likeness (QED) is 0.466. The van der Waals surface area contributed by atoms with Gasteiger partial charge in [-0.1, -0.05) is 47.5 Å². The third-order valence-electron chi connectivity index (χ3n) is 4.91. The molecule has 0 amide bonds. The van der Waals surface area contributed by atoms with E-state index in [1.165, 1.54) is 63.4 Å². The van der Waals surface area contributed by atoms with Crippen molar-refractivity contribution in [3.05, 3.63) is 0 Å². The van der Waals surface area contributed by atoms with Gasteiger partial charge in [-0.25, -0.2) is 0 Å². The van der Waals surface area contributed by atoms with E-state index in [1.54, 1.807) is 0 Å². The van der Waals surface area contributed by atoms with Crippen LogP contribution in [0.5, 0.6) is 0 Å². The summed E-state index contributed by atoms with van der Waals surface area (Å²) in [6, 6.07) is 4.06. The van der Waals surface area contributed by atoms with E-state index in [0.717, 1.165) is 0 Å². The van der Waals surface area contributed by atoms with Crippen LogP contribution >= 0.6 is 0 Å². The molecule has 0 heterocycles. The van der Waals surface area contributed by atoms with Crippen LogP contribution in [-0.2, 0) is 0 Å². The van der Waals surface area contributed by atoms with Gasteiger partial charge in [0.15, 0.2) is 0 Å². The lowest BCUT2D eigenvalue weighted by atomic mass is 10.1. The first-order valence-corrected chi connectivity index (χ1v) is 12.0. The molecule has 0 aliphatic heterocycles. The zero-order valence-corrected chi connectivity index (χ0v) is 17.0. The normalized spacial score (nSPS) is 13.1. The molecule has 0 fully saturated rings. The van der Waals surface area contributed by atoms with Gasteiger partial charge in [-0.15, -0.1) is 0 Å². The van der Waals surface area contributed by atoms with Crippen LogP contribution in [0.25, 0.3) is 0 Å². The van der Waals surface area contributed by atoms with Crippen molar-refractivity contribution in [1.29, 1.82) is 0 Å². The van der Waals surface area contributed by atoms with E-state index >= 15 is 0 Å². The Labute approximate surface area is 136 Å². The van der Waals surface area contributed by atoms with Gasteiger partial charge in [-0.3, -0.25) is 0 Å². The Morgan fingerprint density at radius 3 is 1.57 bits per heavy atom. The highest BCUT2D eigenvalue weighted by Gasteiger charge is 2.34. The smallest absolute Gasteiger partial charge is 0.125 e. The SMILES string of the molecule is CCCCN(CCCC)CC(C)(C)N[Si](CC)(CC)CC. The zero-order valence-electron chi connectivity index (χ0n) is 16.0. The lowest BCUT2D eigenvalue weighted by Crippen LogP contribution is -2.62. The Morgan fingerprint density at radius 2 is 1.24 bits per heavy atom. The molecule has 0 radical (unpaired) electrons. The van der Waals surface area contributed by atoms with Crippen LogP contribution < -0.4 is 4.98 Å². The van der Waals surface area contributed by atoms with Crippen LogP contribution in [0.3, 0.4) is 0 Å². The number of unbranched alkanes of at least 4 members (excludes halogenated alkanes) is 2. The van der Waals surface area contributed by atoms with Crippen molar-refractivity contribution in [3.8, 4) is 0 Å². The monoisotopic (exact) mass is 314 g/mol. The second kappa shape index (κ2) is 10.8. The van der Waals surface area contributed by atoms with Crippen LogP contribution in [0.2, 0.25) is 18.1 Å². The van der Waals surface area contributed by atoms with Crippen LogP contribution in [0.15, 0.2) is 0 Å². The maximum absolute atomic E-state index is 4.14.